The Morgan fingerprint density at radius 1 is 1.11 bits per heavy atom. The fraction of sp³-hybridized carbons (Fsp3) is 0.625. The molecule has 0 atom stereocenters. The molecule has 0 aliphatic rings. The molecule has 0 fully saturated rings. The highest BCUT2D eigenvalue weighted by Crippen LogP contribution is 2.23. The summed E-state index contributed by atoms with van der Waals surface area (Å²) in [6, 6.07) is 7.24. The molecule has 0 aliphatic heterocycles. The fourth-order valence-electron chi connectivity index (χ4n) is 1.87. The van der Waals surface area contributed by atoms with Crippen molar-refractivity contribution in [3.05, 3.63) is 29.3 Å². The molecule has 0 amide bonds. The number of anilines is 1. The highest BCUT2D eigenvalue weighted by atomic mass is 32.2. The molecule has 0 aliphatic carbocycles. The Hall–Kier alpha value is -0.670. The molecule has 0 radical (unpaired) electrons. The molecule has 2 N–H and O–H groups in total. The van der Waals surface area contributed by atoms with Crippen LogP contribution in [-0.2, 0) is 12.3 Å². The maximum atomic E-state index is 3.48. The zero-order valence-electron chi connectivity index (χ0n) is 12.9. The van der Waals surface area contributed by atoms with Gasteiger partial charge in [-0.1, -0.05) is 26.8 Å². The molecule has 108 valence electrons. The summed E-state index contributed by atoms with van der Waals surface area (Å²) < 4.78 is 0. The molecular formula is C16H28N2S. The molecule has 0 bridgehead atoms. The van der Waals surface area contributed by atoms with E-state index in [4.69, 9.17) is 0 Å². The lowest BCUT2D eigenvalue weighted by Gasteiger charge is -2.16. The van der Waals surface area contributed by atoms with Crippen LogP contribution < -0.4 is 10.6 Å². The zero-order chi connectivity index (χ0) is 14.3. The molecule has 0 heterocycles. The van der Waals surface area contributed by atoms with Crippen molar-refractivity contribution in [2.45, 2.75) is 58.2 Å². The summed E-state index contributed by atoms with van der Waals surface area (Å²) in [7, 11) is 0. The Bertz CT molecular complexity index is 375. The van der Waals surface area contributed by atoms with Crippen molar-refractivity contribution in [2.24, 2.45) is 0 Å². The molecule has 19 heavy (non-hydrogen) atoms. The van der Waals surface area contributed by atoms with Crippen LogP contribution in [0.5, 0.6) is 0 Å². The van der Waals surface area contributed by atoms with E-state index >= 15 is 0 Å². The number of nitrogens with one attached hydrogen (secondary N) is 2. The summed E-state index contributed by atoms with van der Waals surface area (Å²) in [5.74, 6) is 1.10. The van der Waals surface area contributed by atoms with Gasteiger partial charge in [0.1, 0.15) is 0 Å². The van der Waals surface area contributed by atoms with Gasteiger partial charge in [-0.25, -0.2) is 0 Å². The molecule has 1 aromatic rings. The number of hydrogen-bond donors (Lipinski definition) is 2. The summed E-state index contributed by atoms with van der Waals surface area (Å²) in [6.07, 6.45) is 0. The minimum Gasteiger partial charge on any atom is -0.383 e. The second-order valence-corrected chi connectivity index (χ2v) is 6.99. The fourth-order valence-corrected chi connectivity index (χ4v) is 2.67. The Labute approximate surface area is 122 Å². The first kappa shape index (κ1) is 16.4. The zero-order valence-corrected chi connectivity index (χ0v) is 13.7. The van der Waals surface area contributed by atoms with Gasteiger partial charge >= 0.3 is 0 Å². The third-order valence-electron chi connectivity index (χ3n) is 2.80. The maximum Gasteiger partial charge on any atom is 0.0345 e. The molecule has 0 spiro atoms. The summed E-state index contributed by atoms with van der Waals surface area (Å²) in [6.45, 7) is 13.0. The van der Waals surface area contributed by atoms with Crippen molar-refractivity contribution in [3.63, 3.8) is 0 Å². The third-order valence-corrected chi connectivity index (χ3v) is 3.94. The van der Waals surface area contributed by atoms with Gasteiger partial charge in [0.25, 0.3) is 0 Å². The van der Waals surface area contributed by atoms with Gasteiger partial charge in [0.15, 0.2) is 0 Å². The molecule has 0 unspecified atom stereocenters. The maximum absolute atomic E-state index is 3.48. The predicted octanol–water partition coefficient (Wildman–Crippen LogP) is 4.26. The standard InChI is InChI=1S/C16H28N2S/c1-6-17-10-15-9-16(18-12(2)3)8-7-14(15)11-19-13(4)5/h7-9,12-13,17-18H,6,10-11H2,1-5H3. The van der Waals surface area contributed by atoms with Crippen molar-refractivity contribution in [1.29, 1.82) is 0 Å². The molecule has 0 saturated carbocycles. The van der Waals surface area contributed by atoms with E-state index in [-0.39, 0.29) is 0 Å². The van der Waals surface area contributed by atoms with E-state index in [1.54, 1.807) is 0 Å². The average molecular weight is 280 g/mol. The van der Waals surface area contributed by atoms with E-state index < -0.39 is 0 Å². The molecular weight excluding hydrogens is 252 g/mol. The average Bonchev–Trinajstić information content (AvgIpc) is 2.34. The Morgan fingerprint density at radius 2 is 1.84 bits per heavy atom. The van der Waals surface area contributed by atoms with Gasteiger partial charge in [0.2, 0.25) is 0 Å². The third kappa shape index (κ3) is 6.35. The molecule has 1 rings (SSSR count). The molecule has 0 aromatic heterocycles. The summed E-state index contributed by atoms with van der Waals surface area (Å²) >= 11 is 2.00. The smallest absolute Gasteiger partial charge is 0.0345 e. The van der Waals surface area contributed by atoms with Crippen molar-refractivity contribution in [3.8, 4) is 0 Å². The van der Waals surface area contributed by atoms with Crippen LogP contribution >= 0.6 is 11.8 Å². The molecule has 2 nitrogen and oxygen atoms in total. The normalized spacial score (nSPS) is 11.3. The monoisotopic (exact) mass is 280 g/mol. The second kappa shape index (κ2) is 8.49. The van der Waals surface area contributed by atoms with Crippen LogP contribution in [0.4, 0.5) is 5.69 Å². The summed E-state index contributed by atoms with van der Waals surface area (Å²) in [5.41, 5.74) is 4.09. The van der Waals surface area contributed by atoms with Crippen LogP contribution in [0.2, 0.25) is 0 Å². The van der Waals surface area contributed by atoms with Gasteiger partial charge in [0, 0.05) is 24.0 Å². The number of hydrogen-bond acceptors (Lipinski definition) is 3. The number of thioether (sulfide) groups is 1. The van der Waals surface area contributed by atoms with Crippen LogP contribution in [0.3, 0.4) is 0 Å². The van der Waals surface area contributed by atoms with E-state index in [0.717, 1.165) is 18.8 Å². The Morgan fingerprint density at radius 3 is 2.42 bits per heavy atom. The number of benzene rings is 1. The lowest BCUT2D eigenvalue weighted by Crippen LogP contribution is -2.15. The van der Waals surface area contributed by atoms with Gasteiger partial charge in [-0.05, 0) is 48.9 Å². The van der Waals surface area contributed by atoms with Gasteiger partial charge in [0.05, 0.1) is 0 Å². The Kier molecular flexibility index (Phi) is 7.32. The molecule has 3 heteroatoms. The van der Waals surface area contributed by atoms with E-state index in [1.165, 1.54) is 16.8 Å². The van der Waals surface area contributed by atoms with E-state index in [2.05, 4.69) is 63.5 Å². The van der Waals surface area contributed by atoms with E-state index in [9.17, 15) is 0 Å². The topological polar surface area (TPSA) is 24.1 Å². The van der Waals surface area contributed by atoms with Crippen molar-refractivity contribution in [2.75, 3.05) is 11.9 Å². The largest absolute Gasteiger partial charge is 0.383 e. The van der Waals surface area contributed by atoms with Crippen molar-refractivity contribution < 1.29 is 0 Å². The van der Waals surface area contributed by atoms with Crippen LogP contribution in [0, 0.1) is 0 Å². The first-order chi connectivity index (χ1) is 9.02. The first-order valence-corrected chi connectivity index (χ1v) is 8.28. The molecule has 0 saturated heterocycles. The summed E-state index contributed by atoms with van der Waals surface area (Å²) in [5, 5.41) is 7.60. The minimum absolute atomic E-state index is 0.475. The second-order valence-electron chi connectivity index (χ2n) is 5.42. The Balaban J connectivity index is 2.82. The first-order valence-electron chi connectivity index (χ1n) is 7.23. The highest BCUT2D eigenvalue weighted by Gasteiger charge is 2.06. The molecule has 1 aromatic carbocycles. The predicted molar refractivity (Wildman–Crippen MR) is 89.0 cm³/mol. The quantitative estimate of drug-likeness (QED) is 0.744. The van der Waals surface area contributed by atoms with E-state index in [0.29, 0.717) is 11.3 Å². The van der Waals surface area contributed by atoms with E-state index in [1.807, 2.05) is 11.8 Å². The van der Waals surface area contributed by atoms with Crippen molar-refractivity contribution in [1.82, 2.24) is 5.32 Å². The minimum atomic E-state index is 0.475. The van der Waals surface area contributed by atoms with Crippen LogP contribution in [0.15, 0.2) is 18.2 Å². The number of rotatable bonds is 8. The van der Waals surface area contributed by atoms with Crippen LogP contribution in [-0.4, -0.2) is 17.8 Å². The SMILES string of the molecule is CCNCc1cc(NC(C)C)ccc1CSC(C)C. The van der Waals surface area contributed by atoms with Crippen LogP contribution in [0.25, 0.3) is 0 Å². The highest BCUT2D eigenvalue weighted by molar-refractivity contribution is 7.99. The van der Waals surface area contributed by atoms with Crippen molar-refractivity contribution >= 4 is 17.4 Å². The van der Waals surface area contributed by atoms with Crippen LogP contribution in [0.1, 0.15) is 45.7 Å². The lowest BCUT2D eigenvalue weighted by atomic mass is 10.1. The lowest BCUT2D eigenvalue weighted by molar-refractivity contribution is 0.723. The van der Waals surface area contributed by atoms with Gasteiger partial charge in [-0.15, -0.1) is 0 Å². The van der Waals surface area contributed by atoms with Gasteiger partial charge in [-0.3, -0.25) is 0 Å². The van der Waals surface area contributed by atoms with Gasteiger partial charge < -0.3 is 10.6 Å². The summed E-state index contributed by atoms with van der Waals surface area (Å²) in [4.78, 5) is 0. The van der Waals surface area contributed by atoms with Gasteiger partial charge in [-0.2, -0.15) is 11.8 Å².